The number of pyridine rings is 2. The van der Waals surface area contributed by atoms with Crippen LogP contribution in [0.4, 0.5) is 0 Å². The summed E-state index contributed by atoms with van der Waals surface area (Å²) >= 11 is 0. The number of aliphatic hydroxyl groups is 3. The highest BCUT2D eigenvalue weighted by Gasteiger charge is 2.73. The summed E-state index contributed by atoms with van der Waals surface area (Å²) in [7, 11) is 0. The fourth-order valence-corrected chi connectivity index (χ4v) is 17.6. The van der Waals surface area contributed by atoms with Crippen LogP contribution in [0.2, 0.25) is 0 Å². The number of rotatable bonds is 12. The topological polar surface area (TPSA) is 344 Å². The summed E-state index contributed by atoms with van der Waals surface area (Å²) in [5, 5.41) is 54.5. The molecule has 16 atom stereocenters. The van der Waals surface area contributed by atoms with E-state index in [0.29, 0.717) is 53.5 Å². The minimum atomic E-state index is -1.44. The molecule has 0 radical (unpaired) electrons. The number of hydrogen-bond donors (Lipinski definition) is 3. The van der Waals surface area contributed by atoms with Crippen molar-refractivity contribution < 1.29 is 81.3 Å². The van der Waals surface area contributed by atoms with Crippen molar-refractivity contribution in [1.82, 2.24) is 9.97 Å². The van der Waals surface area contributed by atoms with Gasteiger partial charge in [-0.25, -0.2) is 24.0 Å². The van der Waals surface area contributed by atoms with Crippen LogP contribution in [0.25, 0.3) is 22.6 Å². The van der Waals surface area contributed by atoms with Crippen LogP contribution >= 0.6 is 0 Å². The Morgan fingerprint density at radius 3 is 1.34 bits per heavy atom. The van der Waals surface area contributed by atoms with Crippen molar-refractivity contribution >= 4 is 29.8 Å². The number of hydrogen-bond acceptors (Lipinski definition) is 23. The molecule has 7 aromatic rings. The van der Waals surface area contributed by atoms with Crippen LogP contribution in [0.1, 0.15) is 159 Å². The predicted octanol–water partition coefficient (Wildman–Crippen LogP) is 10.6. The number of benzene rings is 3. The van der Waals surface area contributed by atoms with Crippen molar-refractivity contribution in [3.63, 3.8) is 0 Å². The molecule has 0 saturated heterocycles. The molecule has 0 spiro atoms. The van der Waals surface area contributed by atoms with E-state index in [1.165, 1.54) is 74.6 Å². The van der Waals surface area contributed by atoms with Gasteiger partial charge < -0.3 is 57.3 Å². The maximum Gasteiger partial charge on any atom is 0.345 e. The highest BCUT2D eigenvalue weighted by Crippen LogP contribution is 2.69. The van der Waals surface area contributed by atoms with E-state index >= 15 is 0 Å². The Hall–Kier alpha value is -10.3. The second-order valence-corrected chi connectivity index (χ2v) is 28.4. The van der Waals surface area contributed by atoms with Gasteiger partial charge in [0.1, 0.15) is 70.3 Å². The van der Waals surface area contributed by atoms with E-state index < -0.39 is 134 Å². The van der Waals surface area contributed by atoms with Gasteiger partial charge in [-0.3, -0.25) is 19.6 Å². The summed E-state index contributed by atoms with van der Waals surface area (Å²) in [5.41, 5.74) is -5.50. The standard InChI is InChI=1S/C42H40N2O10.C35H36N2O9/c1-24(45)50-23-41(3)31-20-33(53-38(48)27-14-12-25(21-43)13-15-27)42(4)36(40(31,2)17-16-32(41)52-37(47)26-9-6-5-7-10-26)35(46)34-30(54-42)19-29(51-39(34)49)28-11-8-18-44-22-28;1-19(38)43-18-34(3)25-15-27(45-31(41)21-9-7-20(16-36)8-10-21)35(4)30(33(25,2)12-11-26(34)39)29(40)28-24(46-35)14-23(44-32(28)42)22-6-5-13-37-17-22/h5-15,18-19,22,31-33,35-36,46H,16-17,20,23H2,1-4H3;5-10,13-14,17,25-27,29-30,39-40H,11-12,15,18H2,1-4H3/t31?,32-,33-,35-,36?,40-,41-,42+;25?,26-,27-,29-,30?,33-,34-,35+/m00/s1. The van der Waals surface area contributed by atoms with Gasteiger partial charge in [0.2, 0.25) is 0 Å². The molecular formula is C77H76N4O19. The SMILES string of the molecule is CC(=O)OC[C@@]1(C)C2C[C@H](OC(=O)c3ccc(C#N)cc3)[C@@]3(C)Oc4cc(-c5cccnc5)oc(=O)c4[C@H](O)C3[C@@]2(C)CC[C@@H]1O.CC(=O)OC[C@@]1(C)C2C[C@H](OC(=O)c3ccc(C#N)cc3)[C@@]3(C)Oc4cc(-c5cccnc5)oc(=O)c4[C@H](O)C3[C@@]2(C)CC[C@@H]1OC(=O)c1ccccc1. The smallest absolute Gasteiger partial charge is 0.345 e. The molecule has 13 rings (SSSR count). The first-order valence-electron chi connectivity index (χ1n) is 33.1. The van der Waals surface area contributed by atoms with Crippen LogP contribution in [0, 0.1) is 68.0 Å². The van der Waals surface area contributed by atoms with Crippen LogP contribution in [-0.2, 0) is 33.3 Å². The van der Waals surface area contributed by atoms with Crippen molar-refractivity contribution in [2.45, 2.75) is 142 Å². The Bertz CT molecular complexity index is 4520. The van der Waals surface area contributed by atoms with Gasteiger partial charge >= 0.3 is 41.1 Å². The molecule has 23 heteroatoms. The molecule has 2 aliphatic heterocycles. The molecule has 4 aromatic heterocycles. The summed E-state index contributed by atoms with van der Waals surface area (Å²) in [6.45, 7) is 13.6. The van der Waals surface area contributed by atoms with Crippen LogP contribution in [0.3, 0.4) is 0 Å². The molecule has 0 bridgehead atoms. The van der Waals surface area contributed by atoms with Crippen molar-refractivity contribution in [3.8, 4) is 46.3 Å². The minimum absolute atomic E-state index is 0.0398. The molecule has 0 amide bonds. The molecule has 6 heterocycles. The lowest BCUT2D eigenvalue weighted by molar-refractivity contribution is -0.264. The fourth-order valence-electron chi connectivity index (χ4n) is 17.6. The highest BCUT2D eigenvalue weighted by molar-refractivity contribution is 5.91. The number of aromatic nitrogens is 2. The lowest BCUT2D eigenvalue weighted by atomic mass is 9.42. The number of esters is 5. The third-order valence-corrected chi connectivity index (χ3v) is 22.5. The fraction of sp³-hybridized carbons (Fsp3) is 0.416. The maximum atomic E-state index is 13.9. The van der Waals surface area contributed by atoms with Crippen LogP contribution in [0.5, 0.6) is 11.5 Å². The predicted molar refractivity (Wildman–Crippen MR) is 354 cm³/mol. The largest absolute Gasteiger partial charge is 0.482 e. The first kappa shape index (κ1) is 69.6. The van der Waals surface area contributed by atoms with E-state index in [2.05, 4.69) is 9.97 Å². The van der Waals surface area contributed by atoms with Gasteiger partial charge in [0.15, 0.2) is 0 Å². The molecule has 23 nitrogen and oxygen atoms in total. The van der Waals surface area contributed by atoms with E-state index in [-0.39, 0.29) is 71.3 Å². The number of nitrogens with zero attached hydrogens (tertiary/aromatic N) is 4. The van der Waals surface area contributed by atoms with Crippen LogP contribution < -0.4 is 20.7 Å². The highest BCUT2D eigenvalue weighted by atomic mass is 16.6. The van der Waals surface area contributed by atoms with Gasteiger partial charge in [0.05, 0.1) is 64.9 Å². The number of carbonyl (C=O) groups is 5. The number of carbonyl (C=O) groups excluding carboxylic acids is 5. The van der Waals surface area contributed by atoms with Crippen molar-refractivity contribution in [2.24, 2.45) is 45.3 Å². The number of fused-ring (bicyclic) bond motifs is 8. The first-order valence-corrected chi connectivity index (χ1v) is 33.1. The summed E-state index contributed by atoms with van der Waals surface area (Å²) in [6.07, 6.45) is 1.72. The number of nitriles is 2. The quantitative estimate of drug-likeness (QED) is 0.0756. The molecule has 4 fully saturated rings. The zero-order valence-electron chi connectivity index (χ0n) is 56.4. The Kier molecular flexibility index (Phi) is 18.6. The molecule has 3 N–H and O–H groups in total. The number of ether oxygens (including phenoxy) is 7. The molecule has 100 heavy (non-hydrogen) atoms. The van der Waals surface area contributed by atoms with Gasteiger partial charge in [-0.1, -0.05) is 45.9 Å². The Morgan fingerprint density at radius 2 is 0.930 bits per heavy atom. The van der Waals surface area contributed by atoms with Crippen molar-refractivity contribution in [1.29, 1.82) is 10.5 Å². The van der Waals surface area contributed by atoms with Crippen LogP contribution in [0.15, 0.2) is 158 Å². The van der Waals surface area contributed by atoms with Gasteiger partial charge in [-0.2, -0.15) is 10.5 Å². The van der Waals surface area contributed by atoms with Gasteiger partial charge in [-0.05, 0) is 160 Å². The molecule has 4 unspecified atom stereocenters. The van der Waals surface area contributed by atoms with E-state index in [0.717, 1.165) is 0 Å². The Labute approximate surface area is 575 Å². The number of aliphatic hydroxyl groups excluding tert-OH is 3. The Morgan fingerprint density at radius 1 is 0.530 bits per heavy atom. The van der Waals surface area contributed by atoms with E-state index in [1.807, 2.05) is 39.8 Å². The summed E-state index contributed by atoms with van der Waals surface area (Å²) in [5.74, 6) is -4.98. The lowest BCUT2D eigenvalue weighted by Gasteiger charge is -2.66. The normalized spacial score (nSPS) is 31.1. The molecule has 518 valence electrons. The molecule has 6 aliphatic rings. The molecular weight excluding hydrogens is 1280 g/mol. The summed E-state index contributed by atoms with van der Waals surface area (Å²) in [6, 6.07) is 34.6. The van der Waals surface area contributed by atoms with Gasteiger partial charge in [0.25, 0.3) is 0 Å². The second-order valence-electron chi connectivity index (χ2n) is 28.4. The monoisotopic (exact) mass is 1360 g/mol. The first-order chi connectivity index (χ1) is 47.6. The van der Waals surface area contributed by atoms with Crippen molar-refractivity contribution in [2.75, 3.05) is 13.2 Å². The van der Waals surface area contributed by atoms with Crippen molar-refractivity contribution in [3.05, 3.63) is 200 Å². The minimum Gasteiger partial charge on any atom is -0.482 e. The van der Waals surface area contributed by atoms with Crippen LogP contribution in [-0.4, -0.2) is 104 Å². The lowest BCUT2D eigenvalue weighted by Crippen LogP contribution is -2.71. The second kappa shape index (κ2) is 26.7. The summed E-state index contributed by atoms with van der Waals surface area (Å²) < 4.78 is 54.9. The molecule has 4 aliphatic carbocycles. The van der Waals surface area contributed by atoms with Gasteiger partial charge in [-0.15, -0.1) is 0 Å². The zero-order valence-corrected chi connectivity index (χ0v) is 56.4. The van der Waals surface area contributed by atoms with E-state index in [1.54, 1.807) is 93.1 Å². The zero-order chi connectivity index (χ0) is 71.4. The molecule has 4 saturated carbocycles. The third kappa shape index (κ3) is 12.3. The maximum absolute atomic E-state index is 13.9. The Balaban J connectivity index is 0.000000192. The van der Waals surface area contributed by atoms with E-state index in [9.17, 15) is 59.4 Å². The average Bonchev–Trinajstić information content (AvgIpc) is 0.691. The third-order valence-electron chi connectivity index (χ3n) is 22.5. The summed E-state index contributed by atoms with van der Waals surface area (Å²) in [4.78, 5) is 101. The van der Waals surface area contributed by atoms with Gasteiger partial charge in [0, 0.05) is 84.6 Å². The average molecular weight is 1360 g/mol. The van der Waals surface area contributed by atoms with E-state index in [4.69, 9.17) is 42.0 Å². The molecule has 3 aromatic carbocycles.